The molecular formula is C12H15N3. The Hall–Kier alpha value is -1.61. The monoisotopic (exact) mass is 201 g/mol. The summed E-state index contributed by atoms with van der Waals surface area (Å²) >= 11 is 0. The van der Waals surface area contributed by atoms with Gasteiger partial charge in [-0.1, -0.05) is 12.1 Å². The van der Waals surface area contributed by atoms with Crippen LogP contribution < -0.4 is 5.32 Å². The van der Waals surface area contributed by atoms with Crippen molar-refractivity contribution in [3.05, 3.63) is 42.4 Å². The molecule has 0 aliphatic carbocycles. The Labute approximate surface area is 89.5 Å². The second kappa shape index (κ2) is 4.75. The molecule has 1 N–H and O–H groups in total. The van der Waals surface area contributed by atoms with Gasteiger partial charge in [0.25, 0.3) is 0 Å². The van der Waals surface area contributed by atoms with E-state index in [0.717, 1.165) is 24.3 Å². The van der Waals surface area contributed by atoms with Crippen LogP contribution in [0.25, 0.3) is 11.7 Å². The van der Waals surface area contributed by atoms with Crippen LogP contribution in [0.4, 0.5) is 0 Å². The second-order valence-corrected chi connectivity index (χ2v) is 3.41. The summed E-state index contributed by atoms with van der Waals surface area (Å²) in [7, 11) is 1.96. The third kappa shape index (κ3) is 2.25. The number of pyridine rings is 1. The molecule has 0 spiro atoms. The molecule has 0 amide bonds. The van der Waals surface area contributed by atoms with Crippen molar-refractivity contribution in [3.63, 3.8) is 0 Å². The molecule has 0 radical (unpaired) electrons. The van der Waals surface area contributed by atoms with Gasteiger partial charge in [-0.25, -0.2) is 4.98 Å². The Morgan fingerprint density at radius 3 is 3.27 bits per heavy atom. The maximum atomic E-state index is 4.31. The minimum atomic E-state index is 0.991. The van der Waals surface area contributed by atoms with Gasteiger partial charge in [0.05, 0.1) is 11.9 Å². The molecule has 3 nitrogen and oxygen atoms in total. The van der Waals surface area contributed by atoms with E-state index < -0.39 is 0 Å². The van der Waals surface area contributed by atoms with Crippen molar-refractivity contribution in [2.75, 3.05) is 13.6 Å². The fourth-order valence-corrected chi connectivity index (χ4v) is 1.51. The lowest BCUT2D eigenvalue weighted by molar-refractivity contribution is 0.809. The lowest BCUT2D eigenvalue weighted by Crippen LogP contribution is -2.05. The molecule has 2 rings (SSSR count). The van der Waals surface area contributed by atoms with Gasteiger partial charge in [0.15, 0.2) is 0 Å². The molecule has 0 atom stereocenters. The van der Waals surface area contributed by atoms with Gasteiger partial charge in [-0.2, -0.15) is 0 Å². The average Bonchev–Trinajstić information content (AvgIpc) is 2.68. The van der Waals surface area contributed by atoms with E-state index in [2.05, 4.69) is 26.9 Å². The van der Waals surface area contributed by atoms with Gasteiger partial charge in [0.2, 0.25) is 0 Å². The molecule has 0 saturated heterocycles. The Balaban J connectivity index is 2.17. The first kappa shape index (κ1) is 9.93. The molecular weight excluding hydrogens is 186 g/mol. The van der Waals surface area contributed by atoms with E-state index in [4.69, 9.17) is 0 Å². The van der Waals surface area contributed by atoms with Crippen molar-refractivity contribution in [3.8, 4) is 0 Å². The zero-order valence-electron chi connectivity index (χ0n) is 8.85. The summed E-state index contributed by atoms with van der Waals surface area (Å²) in [5.74, 6) is 0. The predicted molar refractivity (Wildman–Crippen MR) is 62.8 cm³/mol. The van der Waals surface area contributed by atoms with Crippen LogP contribution in [0.2, 0.25) is 0 Å². The average molecular weight is 201 g/mol. The molecule has 0 saturated carbocycles. The van der Waals surface area contributed by atoms with Crippen LogP contribution in [0.5, 0.6) is 0 Å². The lowest BCUT2D eigenvalue weighted by Gasteiger charge is -1.95. The first-order chi connectivity index (χ1) is 7.42. The molecule has 0 aromatic carbocycles. The van der Waals surface area contributed by atoms with E-state index in [-0.39, 0.29) is 0 Å². The molecule has 0 bridgehead atoms. The molecule has 0 aliphatic rings. The van der Waals surface area contributed by atoms with E-state index in [9.17, 15) is 0 Å². The second-order valence-electron chi connectivity index (χ2n) is 3.41. The number of nitrogens with one attached hydrogen (secondary N) is 1. The van der Waals surface area contributed by atoms with Crippen molar-refractivity contribution in [2.45, 2.75) is 6.42 Å². The number of aromatic nitrogens is 2. The van der Waals surface area contributed by atoms with E-state index in [1.807, 2.05) is 37.6 Å². The first-order valence-corrected chi connectivity index (χ1v) is 5.15. The minimum Gasteiger partial charge on any atom is -0.319 e. The maximum Gasteiger partial charge on any atom is 0.137 e. The fraction of sp³-hybridized carbons (Fsp3) is 0.250. The zero-order chi connectivity index (χ0) is 10.5. The number of hydrogen-bond acceptors (Lipinski definition) is 2. The number of imidazole rings is 1. The van der Waals surface area contributed by atoms with Crippen molar-refractivity contribution < 1.29 is 0 Å². The van der Waals surface area contributed by atoms with Gasteiger partial charge in [0, 0.05) is 6.20 Å². The summed E-state index contributed by atoms with van der Waals surface area (Å²) in [6.45, 7) is 1.01. The van der Waals surface area contributed by atoms with Crippen molar-refractivity contribution >= 4 is 11.7 Å². The van der Waals surface area contributed by atoms with Crippen LogP contribution in [-0.4, -0.2) is 23.0 Å². The summed E-state index contributed by atoms with van der Waals surface area (Å²) in [6, 6.07) is 6.02. The Morgan fingerprint density at radius 1 is 1.47 bits per heavy atom. The highest BCUT2D eigenvalue weighted by molar-refractivity contribution is 5.52. The Morgan fingerprint density at radius 2 is 2.40 bits per heavy atom. The normalized spacial score (nSPS) is 11.5. The fourth-order valence-electron chi connectivity index (χ4n) is 1.51. The van der Waals surface area contributed by atoms with Crippen LogP contribution >= 0.6 is 0 Å². The summed E-state index contributed by atoms with van der Waals surface area (Å²) in [5.41, 5.74) is 2.12. The van der Waals surface area contributed by atoms with Gasteiger partial charge in [-0.05, 0) is 38.2 Å². The predicted octanol–water partition coefficient (Wildman–Crippen LogP) is 1.96. The largest absolute Gasteiger partial charge is 0.319 e. The van der Waals surface area contributed by atoms with Gasteiger partial charge in [-0.15, -0.1) is 0 Å². The molecule has 2 heterocycles. The SMILES string of the molecule is CNCCC=Cc1cnc2ccccn12. The Kier molecular flexibility index (Phi) is 3.15. The summed E-state index contributed by atoms with van der Waals surface area (Å²) in [4.78, 5) is 4.31. The highest BCUT2D eigenvalue weighted by Gasteiger charge is 1.96. The van der Waals surface area contributed by atoms with E-state index >= 15 is 0 Å². The molecule has 2 aromatic heterocycles. The Bertz CT molecular complexity index is 457. The number of nitrogens with zero attached hydrogens (tertiary/aromatic N) is 2. The van der Waals surface area contributed by atoms with Crippen molar-refractivity contribution in [1.29, 1.82) is 0 Å². The van der Waals surface area contributed by atoms with Gasteiger partial charge in [0.1, 0.15) is 5.65 Å². The molecule has 78 valence electrons. The van der Waals surface area contributed by atoms with Gasteiger partial charge >= 0.3 is 0 Å². The van der Waals surface area contributed by atoms with E-state index in [0.29, 0.717) is 0 Å². The highest BCUT2D eigenvalue weighted by Crippen LogP contribution is 2.07. The minimum absolute atomic E-state index is 0.991. The highest BCUT2D eigenvalue weighted by atomic mass is 15.0. The first-order valence-electron chi connectivity index (χ1n) is 5.15. The molecule has 3 heteroatoms. The number of fused-ring (bicyclic) bond motifs is 1. The lowest BCUT2D eigenvalue weighted by atomic mass is 10.3. The summed E-state index contributed by atoms with van der Waals surface area (Å²) in [6.07, 6.45) is 9.23. The van der Waals surface area contributed by atoms with E-state index in [1.54, 1.807) is 0 Å². The smallest absolute Gasteiger partial charge is 0.137 e. The maximum absolute atomic E-state index is 4.31. The molecule has 0 aliphatic heterocycles. The van der Waals surface area contributed by atoms with Crippen LogP contribution in [-0.2, 0) is 0 Å². The van der Waals surface area contributed by atoms with Crippen LogP contribution in [0.3, 0.4) is 0 Å². The molecule has 2 aromatic rings. The summed E-state index contributed by atoms with van der Waals surface area (Å²) < 4.78 is 2.08. The van der Waals surface area contributed by atoms with E-state index in [1.165, 1.54) is 0 Å². The van der Waals surface area contributed by atoms with Gasteiger partial charge in [-0.3, -0.25) is 0 Å². The van der Waals surface area contributed by atoms with Crippen LogP contribution in [0.15, 0.2) is 36.7 Å². The molecule has 15 heavy (non-hydrogen) atoms. The summed E-state index contributed by atoms with van der Waals surface area (Å²) in [5, 5.41) is 3.11. The zero-order valence-corrected chi connectivity index (χ0v) is 8.85. The van der Waals surface area contributed by atoms with Crippen molar-refractivity contribution in [2.24, 2.45) is 0 Å². The number of rotatable bonds is 4. The number of hydrogen-bond donors (Lipinski definition) is 1. The third-order valence-corrected chi connectivity index (χ3v) is 2.30. The topological polar surface area (TPSA) is 29.3 Å². The quantitative estimate of drug-likeness (QED) is 0.766. The van der Waals surface area contributed by atoms with Crippen LogP contribution in [0.1, 0.15) is 12.1 Å². The molecule has 0 fully saturated rings. The molecule has 0 unspecified atom stereocenters. The van der Waals surface area contributed by atoms with Gasteiger partial charge < -0.3 is 9.72 Å². The third-order valence-electron chi connectivity index (χ3n) is 2.30. The van der Waals surface area contributed by atoms with Crippen molar-refractivity contribution in [1.82, 2.24) is 14.7 Å². The van der Waals surface area contributed by atoms with Crippen LogP contribution in [0, 0.1) is 0 Å². The standard InChI is InChI=1S/C12H15N3/c1-13-8-4-2-6-11-10-14-12-7-3-5-9-15(11)12/h2-3,5-7,9-10,13H,4,8H2,1H3.